The topological polar surface area (TPSA) is 50.2 Å². The van der Waals surface area contributed by atoms with Crippen molar-refractivity contribution in [3.8, 4) is 0 Å². The molecular weight excluding hydrogens is 276 g/mol. The zero-order chi connectivity index (χ0) is 15.7. The van der Waals surface area contributed by atoms with Crippen LogP contribution in [0.4, 0.5) is 11.4 Å². The Bertz CT molecular complexity index is 677. The lowest BCUT2D eigenvalue weighted by Gasteiger charge is -2.26. The highest BCUT2D eigenvalue weighted by Gasteiger charge is 2.25. The maximum absolute atomic E-state index is 12.1. The van der Waals surface area contributed by atoms with Crippen molar-refractivity contribution in [2.75, 3.05) is 16.8 Å². The molecule has 0 bridgehead atoms. The van der Waals surface area contributed by atoms with Crippen LogP contribution in [0, 0.1) is 5.92 Å². The van der Waals surface area contributed by atoms with E-state index in [0.717, 1.165) is 23.6 Å². The van der Waals surface area contributed by atoms with Gasteiger partial charge in [0.2, 0.25) is 5.91 Å². The Morgan fingerprint density at radius 1 is 1.36 bits per heavy atom. The summed E-state index contributed by atoms with van der Waals surface area (Å²) in [4.78, 5) is 18.7. The van der Waals surface area contributed by atoms with E-state index in [1.54, 1.807) is 0 Å². The molecule has 1 aliphatic rings. The molecule has 1 aliphatic heterocycles. The molecule has 2 aromatic rings. The number of nitrogens with zero attached hydrogens (tertiary/aromatic N) is 3. The molecule has 3 rings (SSSR count). The third kappa shape index (κ3) is 2.71. The summed E-state index contributed by atoms with van der Waals surface area (Å²) in [7, 11) is 0. The maximum Gasteiger partial charge on any atom is 0.229 e. The summed E-state index contributed by atoms with van der Waals surface area (Å²) < 4.78 is 2.17. The van der Waals surface area contributed by atoms with Gasteiger partial charge in [0, 0.05) is 18.8 Å². The van der Waals surface area contributed by atoms with Crippen molar-refractivity contribution in [1.29, 1.82) is 0 Å². The van der Waals surface area contributed by atoms with E-state index in [0.29, 0.717) is 12.6 Å². The number of carbonyl (C=O) groups is 1. The Morgan fingerprint density at radius 2 is 2.14 bits per heavy atom. The molecule has 116 valence electrons. The molecule has 1 unspecified atom stereocenters. The van der Waals surface area contributed by atoms with Crippen molar-refractivity contribution in [1.82, 2.24) is 9.55 Å². The van der Waals surface area contributed by atoms with E-state index in [1.165, 1.54) is 0 Å². The molecule has 1 aromatic carbocycles. The monoisotopic (exact) mass is 298 g/mol. The van der Waals surface area contributed by atoms with E-state index in [1.807, 2.05) is 37.6 Å². The van der Waals surface area contributed by atoms with E-state index in [-0.39, 0.29) is 11.8 Å². The van der Waals surface area contributed by atoms with E-state index < -0.39 is 0 Å². The number of hydrogen-bond acceptors (Lipinski definition) is 3. The number of para-hydroxylation sites is 2. The smallest absolute Gasteiger partial charge is 0.229 e. The van der Waals surface area contributed by atoms with E-state index >= 15 is 0 Å². The molecule has 1 N–H and O–H groups in total. The van der Waals surface area contributed by atoms with Gasteiger partial charge in [-0.1, -0.05) is 19.1 Å². The SMILES string of the molecule is CC1CN(Cc2cncn2C(C)C)c2ccccc2NC1=O. The number of nitrogens with one attached hydrogen (secondary N) is 1. The number of imidazole rings is 1. The number of rotatable bonds is 3. The van der Waals surface area contributed by atoms with Crippen LogP contribution in [0.5, 0.6) is 0 Å². The van der Waals surface area contributed by atoms with Gasteiger partial charge in [-0.3, -0.25) is 4.79 Å². The zero-order valence-corrected chi connectivity index (χ0v) is 13.3. The van der Waals surface area contributed by atoms with Crippen molar-refractivity contribution < 1.29 is 4.79 Å². The summed E-state index contributed by atoms with van der Waals surface area (Å²) in [5.74, 6) is 0.0233. The molecule has 0 radical (unpaired) electrons. The number of benzene rings is 1. The fraction of sp³-hybridized carbons (Fsp3) is 0.412. The normalized spacial score (nSPS) is 18.1. The van der Waals surface area contributed by atoms with Gasteiger partial charge in [0.25, 0.3) is 0 Å². The van der Waals surface area contributed by atoms with Crippen LogP contribution in [-0.2, 0) is 11.3 Å². The van der Waals surface area contributed by atoms with Crippen LogP contribution >= 0.6 is 0 Å². The Balaban J connectivity index is 1.95. The minimum Gasteiger partial charge on any atom is -0.363 e. The maximum atomic E-state index is 12.1. The van der Waals surface area contributed by atoms with E-state index in [9.17, 15) is 4.79 Å². The molecule has 5 heteroatoms. The largest absolute Gasteiger partial charge is 0.363 e. The molecule has 1 atom stereocenters. The van der Waals surface area contributed by atoms with Crippen molar-refractivity contribution in [2.45, 2.75) is 33.4 Å². The van der Waals surface area contributed by atoms with Gasteiger partial charge in [0.05, 0.1) is 35.9 Å². The summed E-state index contributed by atoms with van der Waals surface area (Å²) in [6.45, 7) is 7.71. The van der Waals surface area contributed by atoms with Gasteiger partial charge in [0.15, 0.2) is 0 Å². The Kier molecular flexibility index (Phi) is 3.88. The summed E-state index contributed by atoms with van der Waals surface area (Å²) in [6.07, 6.45) is 3.78. The van der Waals surface area contributed by atoms with Crippen molar-refractivity contribution in [3.05, 3.63) is 42.5 Å². The molecule has 0 spiro atoms. The molecule has 1 aromatic heterocycles. The molecule has 0 aliphatic carbocycles. The van der Waals surface area contributed by atoms with Crippen LogP contribution in [0.25, 0.3) is 0 Å². The average Bonchev–Trinajstić information content (AvgIpc) is 2.91. The van der Waals surface area contributed by atoms with Crippen LogP contribution in [0.15, 0.2) is 36.8 Å². The quantitative estimate of drug-likeness (QED) is 0.947. The predicted octanol–water partition coefficient (Wildman–Crippen LogP) is 3.06. The van der Waals surface area contributed by atoms with Crippen molar-refractivity contribution >= 4 is 17.3 Å². The van der Waals surface area contributed by atoms with Crippen LogP contribution in [0.2, 0.25) is 0 Å². The van der Waals surface area contributed by atoms with Gasteiger partial charge in [-0.25, -0.2) is 4.98 Å². The van der Waals surface area contributed by atoms with Crippen LogP contribution in [0.3, 0.4) is 0 Å². The summed E-state index contributed by atoms with van der Waals surface area (Å²) in [5, 5.41) is 3.02. The van der Waals surface area contributed by atoms with Crippen LogP contribution in [-0.4, -0.2) is 22.0 Å². The number of aromatic nitrogens is 2. The molecule has 0 saturated carbocycles. The lowest BCUT2D eigenvalue weighted by Crippen LogP contribution is -2.31. The molecule has 0 fully saturated rings. The fourth-order valence-corrected chi connectivity index (χ4v) is 2.89. The predicted molar refractivity (Wildman–Crippen MR) is 87.9 cm³/mol. The van der Waals surface area contributed by atoms with Crippen LogP contribution < -0.4 is 10.2 Å². The average molecular weight is 298 g/mol. The number of carbonyl (C=O) groups excluding carboxylic acids is 1. The number of hydrogen-bond donors (Lipinski definition) is 1. The molecular formula is C17H22N4O. The third-order valence-electron chi connectivity index (χ3n) is 4.10. The lowest BCUT2D eigenvalue weighted by atomic mass is 10.1. The fourth-order valence-electron chi connectivity index (χ4n) is 2.89. The summed E-state index contributed by atoms with van der Waals surface area (Å²) in [5.41, 5.74) is 3.11. The van der Waals surface area contributed by atoms with Gasteiger partial charge in [-0.15, -0.1) is 0 Å². The lowest BCUT2D eigenvalue weighted by molar-refractivity contribution is -0.119. The number of anilines is 2. The van der Waals surface area contributed by atoms with Crippen molar-refractivity contribution in [3.63, 3.8) is 0 Å². The van der Waals surface area contributed by atoms with Gasteiger partial charge < -0.3 is 14.8 Å². The molecule has 2 heterocycles. The van der Waals surface area contributed by atoms with E-state index in [4.69, 9.17) is 0 Å². The van der Waals surface area contributed by atoms with E-state index in [2.05, 4.69) is 39.7 Å². The second-order valence-electron chi connectivity index (χ2n) is 6.17. The standard InChI is InChI=1S/C17H22N4O/c1-12(2)21-11-18-8-14(21)10-20-9-13(3)17(22)19-15-6-4-5-7-16(15)20/h4-8,11-13H,9-10H2,1-3H3,(H,19,22). The van der Waals surface area contributed by atoms with Gasteiger partial charge in [0.1, 0.15) is 0 Å². The Hall–Kier alpha value is -2.30. The highest BCUT2D eigenvalue weighted by Crippen LogP contribution is 2.31. The van der Waals surface area contributed by atoms with Crippen LogP contribution in [0.1, 0.15) is 32.5 Å². The van der Waals surface area contributed by atoms with Gasteiger partial charge in [-0.2, -0.15) is 0 Å². The first-order chi connectivity index (χ1) is 10.6. The second kappa shape index (κ2) is 5.83. The summed E-state index contributed by atoms with van der Waals surface area (Å²) >= 11 is 0. The van der Waals surface area contributed by atoms with Gasteiger partial charge in [-0.05, 0) is 26.0 Å². The van der Waals surface area contributed by atoms with Crippen molar-refractivity contribution in [2.24, 2.45) is 5.92 Å². The van der Waals surface area contributed by atoms with Gasteiger partial charge >= 0.3 is 0 Å². The minimum absolute atomic E-state index is 0.0529. The highest BCUT2D eigenvalue weighted by molar-refractivity contribution is 5.97. The third-order valence-corrected chi connectivity index (χ3v) is 4.10. The first kappa shape index (κ1) is 14.6. The Morgan fingerprint density at radius 3 is 2.91 bits per heavy atom. The molecule has 0 saturated heterocycles. The number of fused-ring (bicyclic) bond motifs is 1. The molecule has 5 nitrogen and oxygen atoms in total. The summed E-state index contributed by atoms with van der Waals surface area (Å²) in [6, 6.07) is 8.35. The molecule has 22 heavy (non-hydrogen) atoms. The first-order valence-corrected chi connectivity index (χ1v) is 7.72. The minimum atomic E-state index is -0.0529. The molecule has 1 amide bonds. The zero-order valence-electron chi connectivity index (χ0n) is 13.3. The number of amides is 1. The second-order valence-corrected chi connectivity index (χ2v) is 6.17. The Labute approximate surface area is 131 Å². The first-order valence-electron chi connectivity index (χ1n) is 7.72. The highest BCUT2D eigenvalue weighted by atomic mass is 16.1.